The largest absolute Gasteiger partial charge is 0.493 e. The van der Waals surface area contributed by atoms with Crippen LogP contribution >= 0.6 is 0 Å². The highest BCUT2D eigenvalue weighted by Crippen LogP contribution is 2.36. The molecule has 1 aliphatic heterocycles. The van der Waals surface area contributed by atoms with E-state index in [1.165, 1.54) is 52.5 Å². The van der Waals surface area contributed by atoms with Gasteiger partial charge in [-0.2, -0.15) is 0 Å². The van der Waals surface area contributed by atoms with Gasteiger partial charge in [0, 0.05) is 11.1 Å². The number of ether oxygens (including phenoxy) is 3. The second kappa shape index (κ2) is 10.7. The minimum atomic E-state index is -1.03. The number of dihydropyridines is 1. The fraction of sp³-hybridized carbons (Fsp3) is 0.154. The molecule has 3 amide bonds. The molecule has 0 spiro atoms. The van der Waals surface area contributed by atoms with Crippen molar-refractivity contribution in [1.82, 2.24) is 21.2 Å². The molecular weight excluding hydrogens is 538 g/mol. The average Bonchev–Trinajstić information content (AvgIpc) is 2.95. The van der Waals surface area contributed by atoms with Gasteiger partial charge < -0.3 is 36.7 Å². The van der Waals surface area contributed by atoms with Gasteiger partial charge in [-0.3, -0.25) is 24.6 Å². The number of carbonyl (C=O) groups excluding carboxylic acids is 5. The number of methoxy groups -OCH3 is 3. The number of hydrazine groups is 1. The zero-order valence-electron chi connectivity index (χ0n) is 22.3. The van der Waals surface area contributed by atoms with Crippen LogP contribution in [-0.4, -0.2) is 55.6 Å². The maximum absolute atomic E-state index is 13.4. The molecular formula is C26H25N7O8. The lowest BCUT2D eigenvalue weighted by atomic mass is 9.87. The Morgan fingerprint density at radius 3 is 2.17 bits per heavy atom. The Morgan fingerprint density at radius 2 is 1.56 bits per heavy atom. The van der Waals surface area contributed by atoms with Crippen LogP contribution in [0.1, 0.15) is 33.5 Å². The Bertz CT molecular complexity index is 1640. The van der Waals surface area contributed by atoms with E-state index in [4.69, 9.17) is 31.4 Å². The first-order chi connectivity index (χ1) is 19.5. The highest BCUT2D eigenvalue weighted by Gasteiger charge is 2.36. The summed E-state index contributed by atoms with van der Waals surface area (Å²) >= 11 is 0. The number of amides is 3. The Balaban J connectivity index is 1.93. The lowest BCUT2D eigenvalue weighted by molar-refractivity contribution is -0.118. The first kappa shape index (κ1) is 28.2. The van der Waals surface area contributed by atoms with Crippen LogP contribution in [0.3, 0.4) is 0 Å². The van der Waals surface area contributed by atoms with E-state index >= 15 is 0 Å². The fourth-order valence-electron chi connectivity index (χ4n) is 4.42. The monoisotopic (exact) mass is 563 g/mol. The van der Waals surface area contributed by atoms with E-state index in [2.05, 4.69) is 15.7 Å². The predicted molar refractivity (Wildman–Crippen MR) is 141 cm³/mol. The minimum absolute atomic E-state index is 0.00662. The van der Waals surface area contributed by atoms with Crippen molar-refractivity contribution in [3.63, 3.8) is 0 Å². The summed E-state index contributed by atoms with van der Waals surface area (Å²) in [6, 6.07) is 1.69. The Labute approximate surface area is 232 Å². The van der Waals surface area contributed by atoms with E-state index in [1.54, 1.807) is 0 Å². The smallest absolute Gasteiger partial charge is 0.330 e. The summed E-state index contributed by atoms with van der Waals surface area (Å²) < 4.78 is 15.4. The average molecular weight is 564 g/mol. The molecule has 0 saturated carbocycles. The number of nitrogens with two attached hydrogens (primary N) is 3. The number of allylic oxidation sites excluding steroid dienone is 6. The molecule has 0 aromatic carbocycles. The van der Waals surface area contributed by atoms with E-state index in [9.17, 15) is 24.0 Å². The molecule has 2 heterocycles. The number of pyridine rings is 1. The molecule has 0 unspecified atom stereocenters. The van der Waals surface area contributed by atoms with Crippen molar-refractivity contribution in [3.05, 3.63) is 92.3 Å². The molecule has 9 N–H and O–H groups in total. The zero-order valence-corrected chi connectivity index (χ0v) is 22.3. The van der Waals surface area contributed by atoms with Crippen LogP contribution in [0.2, 0.25) is 0 Å². The van der Waals surface area contributed by atoms with Crippen LogP contribution in [0.15, 0.2) is 75.4 Å². The van der Waals surface area contributed by atoms with E-state index in [-0.39, 0.29) is 68.0 Å². The lowest BCUT2D eigenvalue weighted by Gasteiger charge is -2.28. The topological polar surface area (TPSA) is 240 Å². The molecule has 212 valence electrons. The third kappa shape index (κ3) is 4.64. The molecule has 0 bridgehead atoms. The van der Waals surface area contributed by atoms with Gasteiger partial charge in [-0.05, 0) is 36.8 Å². The number of nitrogens with one attached hydrogen (secondary N) is 3. The fourth-order valence-corrected chi connectivity index (χ4v) is 4.42. The molecule has 0 saturated heterocycles. The van der Waals surface area contributed by atoms with Gasteiger partial charge in [0.15, 0.2) is 11.5 Å². The van der Waals surface area contributed by atoms with Gasteiger partial charge in [0.25, 0.3) is 5.91 Å². The first-order valence-corrected chi connectivity index (χ1v) is 11.7. The van der Waals surface area contributed by atoms with Gasteiger partial charge in [0.2, 0.25) is 23.1 Å². The summed E-state index contributed by atoms with van der Waals surface area (Å²) in [6.45, 7) is 1.52. The summed E-state index contributed by atoms with van der Waals surface area (Å²) in [4.78, 5) is 67.7. The lowest BCUT2D eigenvalue weighted by Crippen LogP contribution is -2.47. The minimum Gasteiger partial charge on any atom is -0.493 e. The van der Waals surface area contributed by atoms with Crippen molar-refractivity contribution in [2.75, 3.05) is 21.3 Å². The van der Waals surface area contributed by atoms with Gasteiger partial charge in [0.05, 0.1) is 44.0 Å². The first-order valence-electron chi connectivity index (χ1n) is 11.7. The summed E-state index contributed by atoms with van der Waals surface area (Å²) in [5.74, 6) is -3.08. The molecule has 0 fully saturated rings. The second-order valence-corrected chi connectivity index (χ2v) is 8.61. The third-order valence-corrected chi connectivity index (χ3v) is 6.35. The van der Waals surface area contributed by atoms with E-state index in [1.807, 2.05) is 5.43 Å². The maximum atomic E-state index is 13.4. The molecule has 3 aliphatic rings. The maximum Gasteiger partial charge on any atom is 0.330 e. The number of Topliss-reactive ketones (excluding diaryl/α,β-unsaturated/α-hetero) is 3. The number of primary amides is 1. The van der Waals surface area contributed by atoms with Crippen molar-refractivity contribution in [3.8, 4) is 0 Å². The van der Waals surface area contributed by atoms with Crippen LogP contribution in [0.5, 0.6) is 0 Å². The normalized spacial score (nSPS) is 18.8. The Hall–Kier alpha value is -5.86. The molecule has 4 rings (SSSR count). The van der Waals surface area contributed by atoms with Crippen molar-refractivity contribution >= 4 is 35.0 Å². The number of rotatable bonds is 5. The van der Waals surface area contributed by atoms with Crippen molar-refractivity contribution in [2.24, 2.45) is 17.2 Å². The molecule has 0 atom stereocenters. The van der Waals surface area contributed by atoms with Gasteiger partial charge in [-0.25, -0.2) is 15.2 Å². The van der Waals surface area contributed by atoms with Crippen LogP contribution in [0.25, 0.3) is 5.70 Å². The molecule has 2 aliphatic carbocycles. The van der Waals surface area contributed by atoms with Gasteiger partial charge in [0.1, 0.15) is 17.1 Å². The number of aromatic nitrogens is 1. The summed E-state index contributed by atoms with van der Waals surface area (Å²) in [7, 11) is 3.87. The number of hydrogen-bond acceptors (Lipinski definition) is 12. The van der Waals surface area contributed by atoms with Gasteiger partial charge >= 0.3 is 6.03 Å². The number of hydrogen-bond donors (Lipinski definition) is 6. The van der Waals surface area contributed by atoms with Crippen molar-refractivity contribution < 1.29 is 38.2 Å². The van der Waals surface area contributed by atoms with Crippen LogP contribution < -0.4 is 33.4 Å². The molecule has 1 aromatic heterocycles. The molecule has 15 nitrogen and oxygen atoms in total. The molecule has 41 heavy (non-hydrogen) atoms. The summed E-state index contributed by atoms with van der Waals surface area (Å²) in [5.41, 5.74) is 21.1. The van der Waals surface area contributed by atoms with Crippen molar-refractivity contribution in [2.45, 2.75) is 6.92 Å². The molecule has 1 aromatic rings. The van der Waals surface area contributed by atoms with E-state index in [0.29, 0.717) is 0 Å². The van der Waals surface area contributed by atoms with Gasteiger partial charge in [-0.15, -0.1) is 0 Å². The number of ketones is 3. The van der Waals surface area contributed by atoms with Crippen LogP contribution in [0, 0.1) is 0 Å². The molecule has 0 radical (unpaired) electrons. The van der Waals surface area contributed by atoms with Crippen LogP contribution in [-0.2, 0) is 23.8 Å². The number of carbonyl (C=O) groups is 5. The van der Waals surface area contributed by atoms with E-state index < -0.39 is 35.0 Å². The summed E-state index contributed by atoms with van der Waals surface area (Å²) in [5, 5.41) is 2.85. The van der Waals surface area contributed by atoms with Crippen LogP contribution in [0.4, 0.5) is 4.79 Å². The Morgan fingerprint density at radius 1 is 0.878 bits per heavy atom. The highest BCUT2D eigenvalue weighted by atomic mass is 16.5. The highest BCUT2D eigenvalue weighted by molar-refractivity contribution is 6.25. The second-order valence-electron chi connectivity index (χ2n) is 8.61. The number of fused-ring (bicyclic) bond motifs is 1. The summed E-state index contributed by atoms with van der Waals surface area (Å²) in [6.07, 6.45) is 2.93. The van der Waals surface area contributed by atoms with Gasteiger partial charge in [-0.1, -0.05) is 0 Å². The molecule has 15 heteroatoms. The standard InChI is InChI=1S/C26H25N7O8/c1-9-14(10-6-8-13(39-2)23(40-3)20(10)34)15(27)19(31-17(9)25(37)32-33-26(29)38)12-7-5-11-18(30-12)22(36)16(28)24(41-4)21(11)35/h5-8,31H,27-28H2,1-4H3,(H,32,37)(H3,29,33,38)/b14-10-. The zero-order chi connectivity index (χ0) is 30.2. The van der Waals surface area contributed by atoms with E-state index in [0.717, 1.165) is 0 Å². The SMILES string of the molecule is COC1=C(OC)C(=O)/C(=C2/C(C)=C(C(=O)NNC(N)=O)NC(c3ccc4c(n3)C(=O)C(N)=C(OC)C4=O)=C2N)C=C1. The number of nitrogens with zero attached hydrogens (tertiary/aromatic N) is 1. The number of urea groups is 1. The Kier molecular flexibility index (Phi) is 7.36. The third-order valence-electron chi connectivity index (χ3n) is 6.35. The predicted octanol–water partition coefficient (Wildman–Crippen LogP) is -0.579. The quantitative estimate of drug-likeness (QED) is 0.195. The van der Waals surface area contributed by atoms with Crippen molar-refractivity contribution in [1.29, 1.82) is 0 Å².